The Hall–Kier alpha value is -1.38. The molecule has 2 aromatic rings. The van der Waals surface area contributed by atoms with Crippen LogP contribution in [0.25, 0.3) is 0 Å². The van der Waals surface area contributed by atoms with Crippen molar-refractivity contribution in [2.24, 2.45) is 0 Å². The number of likely N-dealkylation sites (N-methyl/N-ethyl adjacent to an activating group) is 1. The van der Waals surface area contributed by atoms with Crippen LogP contribution in [0.5, 0.6) is 0 Å². The highest BCUT2D eigenvalue weighted by Crippen LogP contribution is 2.28. The molecule has 0 spiro atoms. The van der Waals surface area contributed by atoms with Gasteiger partial charge in [-0.3, -0.25) is 0 Å². The van der Waals surface area contributed by atoms with Crippen molar-refractivity contribution in [3.05, 3.63) is 69.5 Å². The number of nitrogens with one attached hydrogen (secondary N) is 1. The molecule has 0 saturated heterocycles. The second kappa shape index (κ2) is 6.38. The van der Waals surface area contributed by atoms with E-state index in [1.165, 1.54) is 22.8 Å². The zero-order chi connectivity index (χ0) is 14.7. The van der Waals surface area contributed by atoms with Crippen molar-refractivity contribution in [3.63, 3.8) is 0 Å². The highest BCUT2D eigenvalue weighted by atomic mass is 35.5. The maximum atomic E-state index is 13.9. The molecule has 0 aromatic heterocycles. The van der Waals surface area contributed by atoms with Crippen LogP contribution in [0.3, 0.4) is 0 Å². The van der Waals surface area contributed by atoms with E-state index in [0.29, 0.717) is 17.0 Å². The summed E-state index contributed by atoms with van der Waals surface area (Å²) in [6, 6.07) is 11.1. The van der Waals surface area contributed by atoms with Crippen molar-refractivity contribution in [3.8, 4) is 0 Å². The van der Waals surface area contributed by atoms with Gasteiger partial charge < -0.3 is 5.32 Å². The lowest BCUT2D eigenvalue weighted by Gasteiger charge is -2.21. The van der Waals surface area contributed by atoms with Gasteiger partial charge in [0.15, 0.2) is 0 Å². The van der Waals surface area contributed by atoms with Crippen LogP contribution in [0.15, 0.2) is 36.4 Å². The molecule has 0 fully saturated rings. The minimum Gasteiger partial charge on any atom is -0.313 e. The molecule has 106 valence electrons. The van der Waals surface area contributed by atoms with Crippen molar-refractivity contribution in [2.75, 3.05) is 7.05 Å². The smallest absolute Gasteiger partial charge is 0.127 e. The third-order valence-corrected chi connectivity index (χ3v) is 4.19. The molecule has 0 amide bonds. The first-order valence-corrected chi connectivity index (χ1v) is 7.08. The number of halogens is 2. The molecule has 0 heterocycles. The lowest BCUT2D eigenvalue weighted by molar-refractivity contribution is 0.552. The van der Waals surface area contributed by atoms with E-state index in [4.69, 9.17) is 11.6 Å². The summed E-state index contributed by atoms with van der Waals surface area (Å²) in [5.74, 6) is -0.247. The topological polar surface area (TPSA) is 12.0 Å². The molecule has 1 atom stereocenters. The summed E-state index contributed by atoms with van der Waals surface area (Å²) in [6.45, 7) is 4.18. The first-order chi connectivity index (χ1) is 9.54. The SMILES string of the molecule is CNC(Cc1c(F)cccc1Cl)c1cccc(C)c1C. The Labute approximate surface area is 124 Å². The maximum Gasteiger partial charge on any atom is 0.127 e. The minimum absolute atomic E-state index is 0.0456. The summed E-state index contributed by atoms with van der Waals surface area (Å²) in [6.07, 6.45) is 0.534. The maximum absolute atomic E-state index is 13.9. The normalized spacial score (nSPS) is 12.4. The van der Waals surface area contributed by atoms with Crippen LogP contribution in [0.4, 0.5) is 4.39 Å². The predicted molar refractivity (Wildman–Crippen MR) is 82.8 cm³/mol. The van der Waals surface area contributed by atoms with E-state index in [2.05, 4.69) is 31.3 Å². The second-order valence-electron chi connectivity index (χ2n) is 5.03. The average molecular weight is 292 g/mol. The largest absolute Gasteiger partial charge is 0.313 e. The Bertz CT molecular complexity index is 590. The highest BCUT2D eigenvalue weighted by molar-refractivity contribution is 6.31. The third kappa shape index (κ3) is 3.02. The van der Waals surface area contributed by atoms with Crippen molar-refractivity contribution < 1.29 is 4.39 Å². The molecule has 0 aliphatic carbocycles. The number of rotatable bonds is 4. The molecule has 2 rings (SSSR count). The molecule has 1 nitrogen and oxygen atoms in total. The molecular formula is C17H19ClFN. The van der Waals surface area contributed by atoms with E-state index in [1.54, 1.807) is 12.1 Å². The fourth-order valence-corrected chi connectivity index (χ4v) is 2.69. The first-order valence-electron chi connectivity index (χ1n) is 6.71. The zero-order valence-electron chi connectivity index (χ0n) is 12.0. The molecule has 20 heavy (non-hydrogen) atoms. The highest BCUT2D eigenvalue weighted by Gasteiger charge is 2.17. The standard InChI is InChI=1S/C17H19ClFN/c1-11-6-4-7-13(12(11)2)17(20-3)10-14-15(18)8-5-9-16(14)19/h4-9,17,20H,10H2,1-3H3. The Morgan fingerprint density at radius 1 is 1.15 bits per heavy atom. The van der Waals surface area contributed by atoms with Crippen LogP contribution < -0.4 is 5.32 Å². The van der Waals surface area contributed by atoms with Crippen molar-refractivity contribution in [1.29, 1.82) is 0 Å². The second-order valence-corrected chi connectivity index (χ2v) is 5.44. The fourth-order valence-electron chi connectivity index (χ4n) is 2.45. The molecule has 0 radical (unpaired) electrons. The average Bonchev–Trinajstić information content (AvgIpc) is 2.42. The molecule has 2 aromatic carbocycles. The van der Waals surface area contributed by atoms with Crippen LogP contribution in [0.1, 0.15) is 28.3 Å². The van der Waals surface area contributed by atoms with E-state index < -0.39 is 0 Å². The van der Waals surface area contributed by atoms with Gasteiger partial charge in [0.25, 0.3) is 0 Å². The fraction of sp³-hybridized carbons (Fsp3) is 0.294. The van der Waals surface area contributed by atoms with E-state index in [9.17, 15) is 4.39 Å². The zero-order valence-corrected chi connectivity index (χ0v) is 12.8. The van der Waals surface area contributed by atoms with Crippen LogP contribution >= 0.6 is 11.6 Å². The van der Waals surface area contributed by atoms with Gasteiger partial charge in [-0.15, -0.1) is 0 Å². The van der Waals surface area contributed by atoms with Crippen LogP contribution in [0, 0.1) is 19.7 Å². The van der Waals surface area contributed by atoms with Crippen LogP contribution in [-0.4, -0.2) is 7.05 Å². The van der Waals surface area contributed by atoms with Gasteiger partial charge in [-0.2, -0.15) is 0 Å². The molecule has 1 unspecified atom stereocenters. The Kier molecular flexibility index (Phi) is 4.79. The summed E-state index contributed by atoms with van der Waals surface area (Å²) in [5.41, 5.74) is 4.22. The molecule has 0 aliphatic rings. The van der Waals surface area contributed by atoms with E-state index >= 15 is 0 Å². The van der Waals surface area contributed by atoms with Gasteiger partial charge in [-0.05, 0) is 56.1 Å². The number of hydrogen-bond donors (Lipinski definition) is 1. The van der Waals surface area contributed by atoms with Crippen molar-refractivity contribution in [2.45, 2.75) is 26.3 Å². The van der Waals surface area contributed by atoms with E-state index in [0.717, 1.165) is 0 Å². The van der Waals surface area contributed by atoms with Crippen LogP contribution in [0.2, 0.25) is 5.02 Å². The van der Waals surface area contributed by atoms with Gasteiger partial charge >= 0.3 is 0 Å². The van der Waals surface area contributed by atoms with Gasteiger partial charge in [0, 0.05) is 16.6 Å². The molecule has 0 aliphatic heterocycles. The third-order valence-electron chi connectivity index (χ3n) is 3.84. The number of aryl methyl sites for hydroxylation is 1. The summed E-state index contributed by atoms with van der Waals surface area (Å²) < 4.78 is 13.9. The molecular weight excluding hydrogens is 273 g/mol. The lowest BCUT2D eigenvalue weighted by atomic mass is 9.93. The summed E-state index contributed by atoms with van der Waals surface area (Å²) in [5, 5.41) is 3.75. The van der Waals surface area contributed by atoms with Crippen molar-refractivity contribution >= 4 is 11.6 Å². The van der Waals surface area contributed by atoms with Gasteiger partial charge in [-0.25, -0.2) is 4.39 Å². The monoisotopic (exact) mass is 291 g/mol. The quantitative estimate of drug-likeness (QED) is 0.868. The first kappa shape index (κ1) is 15.0. The lowest BCUT2D eigenvalue weighted by Crippen LogP contribution is -2.20. The summed E-state index contributed by atoms with van der Waals surface area (Å²) in [4.78, 5) is 0. The Morgan fingerprint density at radius 2 is 1.85 bits per heavy atom. The minimum atomic E-state index is -0.247. The summed E-state index contributed by atoms with van der Waals surface area (Å²) in [7, 11) is 1.89. The Morgan fingerprint density at radius 3 is 2.50 bits per heavy atom. The van der Waals surface area contributed by atoms with Gasteiger partial charge in [0.05, 0.1) is 0 Å². The van der Waals surface area contributed by atoms with Crippen molar-refractivity contribution in [1.82, 2.24) is 5.32 Å². The van der Waals surface area contributed by atoms with Gasteiger partial charge in [0.1, 0.15) is 5.82 Å². The number of benzene rings is 2. The molecule has 3 heteroatoms. The van der Waals surface area contributed by atoms with Crippen LogP contribution in [-0.2, 0) is 6.42 Å². The Balaban J connectivity index is 2.37. The van der Waals surface area contributed by atoms with Gasteiger partial charge in [0.2, 0.25) is 0 Å². The van der Waals surface area contributed by atoms with E-state index in [-0.39, 0.29) is 11.9 Å². The van der Waals surface area contributed by atoms with Gasteiger partial charge in [-0.1, -0.05) is 35.9 Å². The molecule has 0 saturated carbocycles. The summed E-state index contributed by atoms with van der Waals surface area (Å²) >= 11 is 6.12. The van der Waals surface area contributed by atoms with E-state index in [1.807, 2.05) is 13.1 Å². The molecule has 0 bridgehead atoms. The predicted octanol–water partition coefficient (Wildman–Crippen LogP) is 4.60. The number of hydrogen-bond acceptors (Lipinski definition) is 1. The molecule has 1 N–H and O–H groups in total.